The molecule has 1 aliphatic rings. The summed E-state index contributed by atoms with van der Waals surface area (Å²) < 4.78 is 6.02. The maximum Gasteiger partial charge on any atom is 0.222 e. The van der Waals surface area contributed by atoms with Crippen LogP contribution in [0.4, 0.5) is 0 Å². The van der Waals surface area contributed by atoms with E-state index in [4.69, 9.17) is 10.5 Å². The molecular formula is C21H26N2O2. The highest BCUT2D eigenvalue weighted by molar-refractivity contribution is 5.87. The maximum atomic E-state index is 11.7. The second kappa shape index (κ2) is 7.70. The number of nitrogens with one attached hydrogen (secondary N) is 1. The molecule has 4 nitrogen and oxygen atoms in total. The third kappa shape index (κ3) is 4.02. The number of benzene rings is 2. The zero-order valence-electron chi connectivity index (χ0n) is 14.9. The number of hydrogen-bond acceptors (Lipinski definition) is 3. The van der Waals surface area contributed by atoms with Gasteiger partial charge in [0.15, 0.2) is 0 Å². The van der Waals surface area contributed by atoms with Gasteiger partial charge in [0.1, 0.15) is 5.75 Å². The zero-order chi connectivity index (χ0) is 17.8. The lowest BCUT2D eigenvalue weighted by molar-refractivity contribution is -0.122. The van der Waals surface area contributed by atoms with Crippen LogP contribution >= 0.6 is 0 Å². The number of carbonyl (C=O) groups is 1. The van der Waals surface area contributed by atoms with E-state index >= 15 is 0 Å². The Balaban J connectivity index is 1.88. The number of rotatable bonds is 6. The van der Waals surface area contributed by atoms with Crippen molar-refractivity contribution < 1.29 is 9.53 Å². The highest BCUT2D eigenvalue weighted by Crippen LogP contribution is 2.29. The van der Waals surface area contributed by atoms with Crippen molar-refractivity contribution >= 4 is 16.7 Å². The molecule has 0 spiro atoms. The van der Waals surface area contributed by atoms with Crippen LogP contribution in [-0.2, 0) is 11.3 Å². The third-order valence-electron chi connectivity index (χ3n) is 4.70. The smallest absolute Gasteiger partial charge is 0.222 e. The van der Waals surface area contributed by atoms with Gasteiger partial charge in [0.25, 0.3) is 0 Å². The van der Waals surface area contributed by atoms with Crippen LogP contribution in [0.2, 0.25) is 0 Å². The summed E-state index contributed by atoms with van der Waals surface area (Å²) in [5.41, 5.74) is 6.70. The number of allylic oxidation sites excluding steroid dienone is 1. The van der Waals surface area contributed by atoms with Gasteiger partial charge in [-0.3, -0.25) is 4.79 Å². The predicted octanol–water partition coefficient (Wildman–Crippen LogP) is 3.54. The average Bonchev–Trinajstić information content (AvgIpc) is 2.60. The second-order valence-electron chi connectivity index (χ2n) is 6.87. The van der Waals surface area contributed by atoms with Crippen LogP contribution in [0.5, 0.6) is 5.75 Å². The highest BCUT2D eigenvalue weighted by Gasteiger charge is 2.27. The normalized spacial score (nSPS) is 20.1. The molecule has 0 aromatic heterocycles. The molecule has 0 heterocycles. The van der Waals surface area contributed by atoms with Crippen LogP contribution in [0.1, 0.15) is 32.3 Å². The lowest BCUT2D eigenvalue weighted by Gasteiger charge is -2.28. The summed E-state index contributed by atoms with van der Waals surface area (Å²) in [6, 6.07) is 12.5. The highest BCUT2D eigenvalue weighted by atomic mass is 16.5. The Bertz CT molecular complexity index is 783. The molecule has 0 saturated heterocycles. The van der Waals surface area contributed by atoms with Crippen molar-refractivity contribution in [2.75, 3.05) is 0 Å². The van der Waals surface area contributed by atoms with Gasteiger partial charge in [-0.15, -0.1) is 0 Å². The van der Waals surface area contributed by atoms with E-state index in [2.05, 4.69) is 29.6 Å². The number of hydrogen-bond donors (Lipinski definition) is 2. The van der Waals surface area contributed by atoms with Crippen LogP contribution in [0, 0.1) is 5.92 Å². The summed E-state index contributed by atoms with van der Waals surface area (Å²) >= 11 is 0. The standard InChI is InChI=1S/C21H26N2O2/c1-14(2)25-20-12-11-15-7-3-4-8-16(15)18(20)13-23-19-10-6-5-9-17(19)21(22)24/h3-8,11-12,14,17,19,23H,9-10,13H2,1-2H3,(H2,22,24)/t17-,19-/m1/s1. The Labute approximate surface area is 149 Å². The fourth-order valence-electron chi connectivity index (χ4n) is 3.45. The first-order valence-corrected chi connectivity index (χ1v) is 8.91. The van der Waals surface area contributed by atoms with Gasteiger partial charge in [-0.05, 0) is 43.5 Å². The van der Waals surface area contributed by atoms with E-state index in [1.165, 1.54) is 10.8 Å². The number of nitrogens with two attached hydrogens (primary N) is 1. The van der Waals surface area contributed by atoms with Crippen molar-refractivity contribution in [3.8, 4) is 5.75 Å². The molecule has 2 atom stereocenters. The van der Waals surface area contributed by atoms with Gasteiger partial charge in [-0.1, -0.05) is 42.5 Å². The zero-order valence-corrected chi connectivity index (χ0v) is 14.9. The summed E-state index contributed by atoms with van der Waals surface area (Å²) in [6.07, 6.45) is 5.79. The molecule has 4 heteroatoms. The van der Waals surface area contributed by atoms with Crippen molar-refractivity contribution in [1.82, 2.24) is 5.32 Å². The van der Waals surface area contributed by atoms with Crippen molar-refractivity contribution in [2.24, 2.45) is 11.7 Å². The van der Waals surface area contributed by atoms with Crippen LogP contribution in [0.25, 0.3) is 10.8 Å². The summed E-state index contributed by atoms with van der Waals surface area (Å²) in [7, 11) is 0. The first kappa shape index (κ1) is 17.5. The molecule has 0 aliphatic heterocycles. The Morgan fingerprint density at radius 1 is 1.20 bits per heavy atom. The summed E-state index contributed by atoms with van der Waals surface area (Å²) in [4.78, 5) is 11.7. The van der Waals surface area contributed by atoms with E-state index in [1.54, 1.807) is 0 Å². The minimum atomic E-state index is -0.238. The lowest BCUT2D eigenvalue weighted by Crippen LogP contribution is -2.43. The van der Waals surface area contributed by atoms with E-state index in [9.17, 15) is 4.79 Å². The molecule has 0 unspecified atom stereocenters. The molecule has 0 bridgehead atoms. The van der Waals surface area contributed by atoms with Gasteiger partial charge in [0.05, 0.1) is 12.0 Å². The molecule has 1 aliphatic carbocycles. The van der Waals surface area contributed by atoms with E-state index < -0.39 is 0 Å². The molecule has 2 aromatic carbocycles. The molecule has 132 valence electrons. The molecule has 25 heavy (non-hydrogen) atoms. The van der Waals surface area contributed by atoms with Crippen LogP contribution in [-0.4, -0.2) is 18.1 Å². The minimum Gasteiger partial charge on any atom is -0.491 e. The Morgan fingerprint density at radius 2 is 1.96 bits per heavy atom. The van der Waals surface area contributed by atoms with E-state index in [-0.39, 0.29) is 24.0 Å². The number of fused-ring (bicyclic) bond motifs is 1. The first-order valence-electron chi connectivity index (χ1n) is 8.91. The fourth-order valence-corrected chi connectivity index (χ4v) is 3.45. The van der Waals surface area contributed by atoms with Gasteiger partial charge < -0.3 is 15.8 Å². The van der Waals surface area contributed by atoms with E-state index in [0.717, 1.165) is 17.7 Å². The molecule has 3 N–H and O–H groups in total. The van der Waals surface area contributed by atoms with Crippen LogP contribution < -0.4 is 15.8 Å². The van der Waals surface area contributed by atoms with Gasteiger partial charge in [0.2, 0.25) is 5.91 Å². The maximum absolute atomic E-state index is 11.7. The SMILES string of the molecule is CC(C)Oc1ccc2ccccc2c1CN[C@@H]1CC=CC[C@H]1C(N)=O. The van der Waals surface area contributed by atoms with Crippen LogP contribution in [0.15, 0.2) is 48.6 Å². The quantitative estimate of drug-likeness (QED) is 0.792. The van der Waals surface area contributed by atoms with E-state index in [0.29, 0.717) is 13.0 Å². The average molecular weight is 338 g/mol. The number of ether oxygens (including phenoxy) is 1. The van der Waals surface area contributed by atoms with Gasteiger partial charge in [0, 0.05) is 18.2 Å². The summed E-state index contributed by atoms with van der Waals surface area (Å²) in [5, 5.41) is 5.90. The first-order chi connectivity index (χ1) is 12.1. The van der Waals surface area contributed by atoms with Crippen molar-refractivity contribution in [1.29, 1.82) is 0 Å². The monoisotopic (exact) mass is 338 g/mol. The third-order valence-corrected chi connectivity index (χ3v) is 4.70. The van der Waals surface area contributed by atoms with Gasteiger partial charge in [-0.25, -0.2) is 0 Å². The minimum absolute atomic E-state index is 0.0633. The lowest BCUT2D eigenvalue weighted by atomic mass is 9.88. The van der Waals surface area contributed by atoms with Crippen molar-refractivity contribution in [3.63, 3.8) is 0 Å². The molecule has 0 saturated carbocycles. The number of amides is 1. The van der Waals surface area contributed by atoms with Crippen molar-refractivity contribution in [2.45, 2.75) is 45.4 Å². The fraction of sp³-hybridized carbons (Fsp3) is 0.381. The molecule has 0 radical (unpaired) electrons. The Kier molecular flexibility index (Phi) is 5.39. The molecule has 0 fully saturated rings. The molecule has 1 amide bonds. The second-order valence-corrected chi connectivity index (χ2v) is 6.87. The summed E-state index contributed by atoms with van der Waals surface area (Å²) in [5.74, 6) is 0.496. The largest absolute Gasteiger partial charge is 0.491 e. The molecule has 3 rings (SSSR count). The predicted molar refractivity (Wildman–Crippen MR) is 101 cm³/mol. The topological polar surface area (TPSA) is 64.3 Å². The van der Waals surface area contributed by atoms with Crippen LogP contribution in [0.3, 0.4) is 0 Å². The number of carbonyl (C=O) groups excluding carboxylic acids is 1. The summed E-state index contributed by atoms with van der Waals surface area (Å²) in [6.45, 7) is 4.70. The van der Waals surface area contributed by atoms with Gasteiger partial charge in [-0.2, -0.15) is 0 Å². The number of primary amides is 1. The van der Waals surface area contributed by atoms with Crippen molar-refractivity contribution in [3.05, 3.63) is 54.1 Å². The van der Waals surface area contributed by atoms with Gasteiger partial charge >= 0.3 is 0 Å². The Morgan fingerprint density at radius 3 is 2.72 bits per heavy atom. The molecular weight excluding hydrogens is 312 g/mol. The molecule has 2 aromatic rings. The Hall–Kier alpha value is -2.33. The van der Waals surface area contributed by atoms with E-state index in [1.807, 2.05) is 38.1 Å².